The lowest BCUT2D eigenvalue weighted by atomic mass is 10.1. The Kier molecular flexibility index (Phi) is 9.88. The van der Waals surface area contributed by atoms with Crippen molar-refractivity contribution in [3.8, 4) is 11.5 Å². The molecule has 0 heterocycles. The molecule has 0 spiro atoms. The number of amides is 1. The number of carboxylic acids is 2. The van der Waals surface area contributed by atoms with Gasteiger partial charge in [-0.15, -0.1) is 0 Å². The molecule has 0 atom stereocenters. The predicted octanol–water partition coefficient (Wildman–Crippen LogP) is 5.28. The van der Waals surface area contributed by atoms with Gasteiger partial charge in [0.25, 0.3) is 0 Å². The van der Waals surface area contributed by atoms with Crippen molar-refractivity contribution >= 4 is 23.5 Å². The highest BCUT2D eigenvalue weighted by Gasteiger charge is 2.13. The lowest BCUT2D eigenvalue weighted by molar-refractivity contribution is -0.116. The van der Waals surface area contributed by atoms with Crippen LogP contribution in [0.25, 0.3) is 0 Å². The van der Waals surface area contributed by atoms with Gasteiger partial charge in [0.05, 0.1) is 24.3 Å². The molecule has 0 aliphatic heterocycles. The summed E-state index contributed by atoms with van der Waals surface area (Å²) in [5.74, 6) is -1.19. The van der Waals surface area contributed by atoms with Crippen molar-refractivity contribution in [2.75, 3.05) is 18.5 Å². The largest absolute Gasteiger partial charge is 0.494 e. The van der Waals surface area contributed by atoms with Gasteiger partial charge in [-0.25, -0.2) is 9.59 Å². The van der Waals surface area contributed by atoms with E-state index in [2.05, 4.69) is 5.32 Å². The molecular formula is C28H29NO7. The highest BCUT2D eigenvalue weighted by atomic mass is 16.5. The van der Waals surface area contributed by atoms with Crippen LogP contribution in [-0.2, 0) is 11.2 Å². The second kappa shape index (κ2) is 13.5. The molecular weight excluding hydrogens is 462 g/mol. The zero-order valence-electron chi connectivity index (χ0n) is 19.8. The summed E-state index contributed by atoms with van der Waals surface area (Å²) in [6.45, 7) is 1.25. The van der Waals surface area contributed by atoms with Crippen LogP contribution in [0.1, 0.15) is 52.0 Å². The molecule has 1 amide bonds. The Morgan fingerprint density at radius 3 is 1.81 bits per heavy atom. The molecule has 0 aliphatic carbocycles. The summed E-state index contributed by atoms with van der Waals surface area (Å²) in [7, 11) is 0. The van der Waals surface area contributed by atoms with E-state index < -0.39 is 11.9 Å². The van der Waals surface area contributed by atoms with Crippen LogP contribution in [0.15, 0.2) is 72.8 Å². The van der Waals surface area contributed by atoms with E-state index >= 15 is 0 Å². The van der Waals surface area contributed by atoms with Gasteiger partial charge in [0, 0.05) is 12.1 Å². The number of aromatic carboxylic acids is 2. The van der Waals surface area contributed by atoms with Crippen LogP contribution in [0.5, 0.6) is 11.5 Å². The number of ether oxygens (including phenoxy) is 2. The quantitative estimate of drug-likeness (QED) is 0.262. The topological polar surface area (TPSA) is 122 Å². The molecule has 3 N–H and O–H groups in total. The maximum atomic E-state index is 12.3. The first-order valence-corrected chi connectivity index (χ1v) is 11.7. The predicted molar refractivity (Wildman–Crippen MR) is 135 cm³/mol. The second-order valence-electron chi connectivity index (χ2n) is 8.17. The van der Waals surface area contributed by atoms with Gasteiger partial charge in [0.2, 0.25) is 5.91 Å². The second-order valence-corrected chi connectivity index (χ2v) is 8.17. The molecule has 3 aromatic carbocycles. The van der Waals surface area contributed by atoms with E-state index in [0.717, 1.165) is 36.0 Å². The monoisotopic (exact) mass is 491 g/mol. The Bertz CT molecular complexity index is 1130. The summed E-state index contributed by atoms with van der Waals surface area (Å²) in [6.07, 6.45) is 3.25. The lowest BCUT2D eigenvalue weighted by Gasteiger charge is -2.09. The number of benzene rings is 3. The number of aryl methyl sites for hydroxylation is 1. The van der Waals surface area contributed by atoms with E-state index in [1.807, 2.05) is 54.6 Å². The van der Waals surface area contributed by atoms with Gasteiger partial charge in [-0.2, -0.15) is 0 Å². The fourth-order valence-corrected chi connectivity index (χ4v) is 3.48. The number of rotatable bonds is 14. The molecule has 0 saturated heterocycles. The Hall–Kier alpha value is -4.33. The van der Waals surface area contributed by atoms with Crippen molar-refractivity contribution in [3.63, 3.8) is 0 Å². The lowest BCUT2D eigenvalue weighted by Crippen LogP contribution is -2.13. The van der Waals surface area contributed by atoms with Crippen molar-refractivity contribution in [3.05, 3.63) is 89.5 Å². The third kappa shape index (κ3) is 8.79. The molecule has 0 aromatic heterocycles. The van der Waals surface area contributed by atoms with Gasteiger partial charge in [0.15, 0.2) is 0 Å². The Morgan fingerprint density at radius 1 is 0.694 bits per heavy atom. The molecule has 8 nitrogen and oxygen atoms in total. The minimum absolute atomic E-state index is 0.144. The molecule has 36 heavy (non-hydrogen) atoms. The molecule has 0 aliphatic rings. The van der Waals surface area contributed by atoms with Crippen molar-refractivity contribution in [2.45, 2.75) is 32.1 Å². The highest BCUT2D eigenvalue weighted by molar-refractivity contribution is 5.98. The van der Waals surface area contributed by atoms with Crippen LogP contribution in [-0.4, -0.2) is 41.3 Å². The van der Waals surface area contributed by atoms with Gasteiger partial charge in [-0.05, 0) is 73.7 Å². The Morgan fingerprint density at radius 2 is 1.25 bits per heavy atom. The summed E-state index contributed by atoms with van der Waals surface area (Å²) in [5, 5.41) is 20.9. The van der Waals surface area contributed by atoms with E-state index in [4.69, 9.17) is 19.7 Å². The van der Waals surface area contributed by atoms with Crippen LogP contribution in [0.4, 0.5) is 5.69 Å². The number of carboxylic acid groups (broad SMARTS) is 2. The van der Waals surface area contributed by atoms with Crippen LogP contribution in [0.2, 0.25) is 0 Å². The number of unbranched alkanes of at least 4 members (excludes halogenated alkanes) is 1. The Balaban J connectivity index is 1.34. The van der Waals surface area contributed by atoms with Gasteiger partial charge in [0.1, 0.15) is 11.5 Å². The van der Waals surface area contributed by atoms with Crippen molar-refractivity contribution < 1.29 is 34.1 Å². The van der Waals surface area contributed by atoms with Crippen LogP contribution in [0.3, 0.4) is 0 Å². The average molecular weight is 492 g/mol. The summed E-state index contributed by atoms with van der Waals surface area (Å²) in [6, 6.07) is 21.0. The summed E-state index contributed by atoms with van der Waals surface area (Å²) < 4.78 is 11.4. The molecule has 0 unspecified atom stereocenters. The number of para-hydroxylation sites is 1. The van der Waals surface area contributed by atoms with Crippen LogP contribution in [0, 0.1) is 0 Å². The van der Waals surface area contributed by atoms with Gasteiger partial charge < -0.3 is 25.0 Å². The zero-order chi connectivity index (χ0) is 25.8. The highest BCUT2D eigenvalue weighted by Crippen LogP contribution is 2.18. The fraction of sp³-hybridized carbons (Fsp3) is 0.250. The first-order valence-electron chi connectivity index (χ1n) is 11.7. The van der Waals surface area contributed by atoms with E-state index in [-0.39, 0.29) is 29.1 Å². The standard InChI is InChI=1S/C28H29NO7/c30-26(29-23-18-21(27(31)32)17-22(19-23)28(33)34)10-6-7-20-11-13-25(14-12-20)36-16-5-4-15-35-24-8-2-1-3-9-24/h1-3,8-9,11-14,17-19H,4-7,10,15-16H2,(H,29,30)(H,31,32)(H,33,34). The molecule has 0 radical (unpaired) electrons. The van der Waals surface area contributed by atoms with E-state index in [0.29, 0.717) is 26.1 Å². The smallest absolute Gasteiger partial charge is 0.335 e. The van der Waals surface area contributed by atoms with E-state index in [1.54, 1.807) is 0 Å². The van der Waals surface area contributed by atoms with Gasteiger partial charge >= 0.3 is 11.9 Å². The van der Waals surface area contributed by atoms with E-state index in [1.165, 1.54) is 12.1 Å². The summed E-state index contributed by atoms with van der Waals surface area (Å²) >= 11 is 0. The molecule has 3 rings (SSSR count). The van der Waals surface area contributed by atoms with Gasteiger partial charge in [-0.1, -0.05) is 30.3 Å². The average Bonchev–Trinajstić information content (AvgIpc) is 2.87. The molecule has 3 aromatic rings. The summed E-state index contributed by atoms with van der Waals surface area (Å²) in [5.41, 5.74) is 0.805. The number of carbonyl (C=O) groups is 3. The maximum Gasteiger partial charge on any atom is 0.335 e. The number of hydrogen-bond acceptors (Lipinski definition) is 5. The first kappa shape index (κ1) is 26.3. The maximum absolute atomic E-state index is 12.3. The minimum Gasteiger partial charge on any atom is -0.494 e. The molecule has 0 saturated carbocycles. The molecule has 0 bridgehead atoms. The molecule has 8 heteroatoms. The number of anilines is 1. The fourth-order valence-electron chi connectivity index (χ4n) is 3.48. The van der Waals surface area contributed by atoms with Crippen LogP contribution < -0.4 is 14.8 Å². The normalized spacial score (nSPS) is 10.4. The SMILES string of the molecule is O=C(CCCc1ccc(OCCCCOc2ccccc2)cc1)Nc1cc(C(=O)O)cc(C(=O)O)c1. The van der Waals surface area contributed by atoms with E-state index in [9.17, 15) is 14.4 Å². The third-order valence-electron chi connectivity index (χ3n) is 5.32. The van der Waals surface area contributed by atoms with Crippen molar-refractivity contribution in [1.29, 1.82) is 0 Å². The van der Waals surface area contributed by atoms with Crippen molar-refractivity contribution in [2.24, 2.45) is 0 Å². The number of hydrogen-bond donors (Lipinski definition) is 3. The number of nitrogens with one attached hydrogen (secondary N) is 1. The van der Waals surface area contributed by atoms with Gasteiger partial charge in [-0.3, -0.25) is 4.79 Å². The summed E-state index contributed by atoms with van der Waals surface area (Å²) in [4.78, 5) is 34.7. The van der Waals surface area contributed by atoms with Crippen molar-refractivity contribution in [1.82, 2.24) is 0 Å². The third-order valence-corrected chi connectivity index (χ3v) is 5.32. The molecule has 188 valence electrons. The minimum atomic E-state index is -1.27. The molecule has 0 fully saturated rings. The Labute approximate surface area is 209 Å². The zero-order valence-corrected chi connectivity index (χ0v) is 19.8. The van der Waals surface area contributed by atoms with Crippen LogP contribution >= 0.6 is 0 Å². The first-order chi connectivity index (χ1) is 17.4. The number of carbonyl (C=O) groups excluding carboxylic acids is 1.